The number of carbonyl (C=O) groups excluding carboxylic acids is 2. The third kappa shape index (κ3) is 5.82. The number of esters is 1. The fourth-order valence-corrected chi connectivity index (χ4v) is 1.67. The molecule has 1 aromatic rings. The van der Waals surface area contributed by atoms with Crippen molar-refractivity contribution in [1.29, 1.82) is 0 Å². The van der Waals surface area contributed by atoms with Gasteiger partial charge in [-0.25, -0.2) is 0 Å². The fourth-order valence-electron chi connectivity index (χ4n) is 1.40. The number of carbonyl (C=O) groups is 2. The van der Waals surface area contributed by atoms with Crippen LogP contribution in [-0.2, 0) is 20.7 Å². The van der Waals surface area contributed by atoms with Gasteiger partial charge in [0.1, 0.15) is 0 Å². The van der Waals surface area contributed by atoms with Crippen LogP contribution in [0.1, 0.15) is 18.4 Å². The lowest BCUT2D eigenvalue weighted by atomic mass is 10.1. The summed E-state index contributed by atoms with van der Waals surface area (Å²) < 4.78 is 5.50. The predicted molar refractivity (Wildman–Crippen MR) is 72.1 cm³/mol. The molecule has 0 radical (unpaired) electrons. The number of hydrogen-bond acceptors (Lipinski definition) is 3. The molecule has 0 aliphatic carbocycles. The lowest BCUT2D eigenvalue weighted by molar-refractivity contribution is -0.142. The third-order valence-corrected chi connectivity index (χ3v) is 2.96. The van der Waals surface area contributed by atoms with Crippen LogP contribution in [0.4, 0.5) is 0 Å². The third-order valence-electron chi connectivity index (χ3n) is 2.43. The first-order chi connectivity index (χ1) is 8.61. The van der Waals surface area contributed by atoms with Gasteiger partial charge in [0, 0.05) is 17.4 Å². The van der Waals surface area contributed by atoms with Gasteiger partial charge in [-0.3, -0.25) is 9.59 Å². The van der Waals surface area contributed by atoms with E-state index in [1.54, 1.807) is 0 Å². The van der Waals surface area contributed by atoms with Gasteiger partial charge in [-0.15, -0.1) is 0 Å². The number of nitrogens with one attached hydrogen (secondary N) is 1. The Hall–Kier alpha value is -1.36. The number of amides is 1. The molecule has 0 aliphatic heterocycles. The predicted octanol–water partition coefficient (Wildman–Crippen LogP) is 2.06. The highest BCUT2D eigenvalue weighted by molar-refractivity contribution is 9.10. The minimum absolute atomic E-state index is 0.126. The molecule has 18 heavy (non-hydrogen) atoms. The van der Waals surface area contributed by atoms with Gasteiger partial charge in [-0.2, -0.15) is 0 Å². The number of halogens is 1. The Morgan fingerprint density at radius 1 is 1.22 bits per heavy atom. The van der Waals surface area contributed by atoms with E-state index in [2.05, 4.69) is 26.0 Å². The molecule has 0 saturated heterocycles. The summed E-state index contributed by atoms with van der Waals surface area (Å²) >= 11 is 3.36. The molecule has 0 aromatic heterocycles. The smallest absolute Gasteiger partial charge is 0.306 e. The van der Waals surface area contributed by atoms with Crippen molar-refractivity contribution in [1.82, 2.24) is 5.32 Å². The summed E-state index contributed by atoms with van der Waals surface area (Å²) in [5.41, 5.74) is 1.16. The zero-order chi connectivity index (χ0) is 13.4. The number of methoxy groups -OCH3 is 1. The lowest BCUT2D eigenvalue weighted by Crippen LogP contribution is -2.26. The van der Waals surface area contributed by atoms with Gasteiger partial charge in [0.15, 0.2) is 0 Å². The first-order valence-electron chi connectivity index (χ1n) is 5.70. The monoisotopic (exact) mass is 313 g/mol. The largest absolute Gasteiger partial charge is 0.469 e. The van der Waals surface area contributed by atoms with Crippen LogP contribution >= 0.6 is 15.9 Å². The molecule has 0 saturated carbocycles. The van der Waals surface area contributed by atoms with E-state index in [-0.39, 0.29) is 24.7 Å². The average Bonchev–Trinajstić information content (AvgIpc) is 2.38. The van der Waals surface area contributed by atoms with Crippen LogP contribution < -0.4 is 5.32 Å². The van der Waals surface area contributed by atoms with Crippen LogP contribution in [0, 0.1) is 0 Å². The number of hydrogen-bond donors (Lipinski definition) is 1. The minimum atomic E-state index is -0.363. The SMILES string of the molecule is COC(=O)CCC(=O)NCCc1ccc(Br)cc1. The Labute approximate surface area is 115 Å². The second-order valence-electron chi connectivity index (χ2n) is 3.80. The van der Waals surface area contributed by atoms with Crippen molar-refractivity contribution < 1.29 is 14.3 Å². The topological polar surface area (TPSA) is 55.4 Å². The van der Waals surface area contributed by atoms with E-state index in [4.69, 9.17) is 0 Å². The van der Waals surface area contributed by atoms with Crippen LogP contribution in [0.3, 0.4) is 0 Å². The molecule has 98 valence electrons. The quantitative estimate of drug-likeness (QED) is 0.818. The summed E-state index contributed by atoms with van der Waals surface area (Å²) in [5.74, 6) is -0.490. The van der Waals surface area contributed by atoms with E-state index in [0.29, 0.717) is 6.54 Å². The molecule has 5 heteroatoms. The Morgan fingerprint density at radius 3 is 2.50 bits per heavy atom. The zero-order valence-electron chi connectivity index (χ0n) is 10.2. The van der Waals surface area contributed by atoms with Crippen molar-refractivity contribution in [2.45, 2.75) is 19.3 Å². The highest BCUT2D eigenvalue weighted by Gasteiger charge is 2.05. The average molecular weight is 314 g/mol. The maximum atomic E-state index is 11.4. The summed E-state index contributed by atoms with van der Waals surface area (Å²) in [6, 6.07) is 7.94. The normalized spacial score (nSPS) is 9.89. The summed E-state index contributed by atoms with van der Waals surface area (Å²) in [6.07, 6.45) is 1.07. The number of ether oxygens (including phenoxy) is 1. The van der Waals surface area contributed by atoms with Gasteiger partial charge >= 0.3 is 5.97 Å². The van der Waals surface area contributed by atoms with Crippen molar-refractivity contribution in [3.8, 4) is 0 Å². The minimum Gasteiger partial charge on any atom is -0.469 e. The fraction of sp³-hybridized carbons (Fsp3) is 0.385. The van der Waals surface area contributed by atoms with Crippen molar-refractivity contribution in [2.75, 3.05) is 13.7 Å². The second-order valence-corrected chi connectivity index (χ2v) is 4.72. The molecule has 1 rings (SSSR count). The van der Waals surface area contributed by atoms with Crippen molar-refractivity contribution in [3.63, 3.8) is 0 Å². The van der Waals surface area contributed by atoms with E-state index in [9.17, 15) is 9.59 Å². The Bertz CT molecular complexity index is 403. The van der Waals surface area contributed by atoms with Gasteiger partial charge < -0.3 is 10.1 Å². The summed E-state index contributed by atoms with van der Waals surface area (Å²) in [5, 5.41) is 2.77. The van der Waals surface area contributed by atoms with Crippen LogP contribution in [0.5, 0.6) is 0 Å². The van der Waals surface area contributed by atoms with Crippen LogP contribution in [-0.4, -0.2) is 25.5 Å². The summed E-state index contributed by atoms with van der Waals surface area (Å²) in [7, 11) is 1.31. The van der Waals surface area contributed by atoms with E-state index in [0.717, 1.165) is 16.5 Å². The lowest BCUT2D eigenvalue weighted by Gasteiger charge is -2.05. The first kappa shape index (κ1) is 14.7. The summed E-state index contributed by atoms with van der Waals surface area (Å²) in [4.78, 5) is 22.2. The molecular formula is C13H16BrNO3. The Morgan fingerprint density at radius 2 is 1.89 bits per heavy atom. The van der Waals surface area contributed by atoms with Crippen molar-refractivity contribution in [2.24, 2.45) is 0 Å². The number of benzene rings is 1. The van der Waals surface area contributed by atoms with Crippen molar-refractivity contribution in [3.05, 3.63) is 34.3 Å². The molecular weight excluding hydrogens is 298 g/mol. The highest BCUT2D eigenvalue weighted by atomic mass is 79.9. The van der Waals surface area contributed by atoms with E-state index in [1.165, 1.54) is 7.11 Å². The molecule has 1 N–H and O–H groups in total. The van der Waals surface area contributed by atoms with Gasteiger partial charge in [0.2, 0.25) is 5.91 Å². The van der Waals surface area contributed by atoms with Gasteiger partial charge in [-0.05, 0) is 24.1 Å². The second kappa shape index (κ2) is 7.87. The van der Waals surface area contributed by atoms with E-state index >= 15 is 0 Å². The van der Waals surface area contributed by atoms with E-state index in [1.807, 2.05) is 24.3 Å². The van der Waals surface area contributed by atoms with Crippen LogP contribution in [0.15, 0.2) is 28.7 Å². The maximum Gasteiger partial charge on any atom is 0.306 e. The molecule has 4 nitrogen and oxygen atoms in total. The van der Waals surface area contributed by atoms with Gasteiger partial charge in [-0.1, -0.05) is 28.1 Å². The molecule has 0 spiro atoms. The van der Waals surface area contributed by atoms with Crippen LogP contribution in [0.2, 0.25) is 0 Å². The number of rotatable bonds is 6. The molecule has 0 heterocycles. The van der Waals surface area contributed by atoms with Gasteiger partial charge in [0.25, 0.3) is 0 Å². The molecule has 0 atom stereocenters. The van der Waals surface area contributed by atoms with Crippen LogP contribution in [0.25, 0.3) is 0 Å². The molecule has 0 fully saturated rings. The molecule has 0 bridgehead atoms. The molecule has 1 aromatic carbocycles. The van der Waals surface area contributed by atoms with Gasteiger partial charge in [0.05, 0.1) is 13.5 Å². The zero-order valence-corrected chi connectivity index (χ0v) is 11.8. The molecule has 0 aliphatic rings. The van der Waals surface area contributed by atoms with E-state index < -0.39 is 0 Å². The first-order valence-corrected chi connectivity index (χ1v) is 6.49. The Kier molecular flexibility index (Phi) is 6.43. The standard InChI is InChI=1S/C13H16BrNO3/c1-18-13(17)7-6-12(16)15-9-8-10-2-4-11(14)5-3-10/h2-5H,6-9H2,1H3,(H,15,16). The van der Waals surface area contributed by atoms with Crippen molar-refractivity contribution >= 4 is 27.8 Å². The molecule has 1 amide bonds. The maximum absolute atomic E-state index is 11.4. The Balaban J connectivity index is 2.19. The molecule has 0 unspecified atom stereocenters. The summed E-state index contributed by atoms with van der Waals surface area (Å²) in [6.45, 7) is 0.571. The highest BCUT2D eigenvalue weighted by Crippen LogP contribution is 2.10.